The van der Waals surface area contributed by atoms with Crippen molar-refractivity contribution in [3.05, 3.63) is 72.2 Å². The third-order valence-electron chi connectivity index (χ3n) is 3.36. The Labute approximate surface area is 165 Å². The van der Waals surface area contributed by atoms with Crippen LogP contribution in [0.1, 0.15) is 12.5 Å². The number of benzene rings is 1. The summed E-state index contributed by atoms with van der Waals surface area (Å²) in [5.41, 5.74) is 1.52. The van der Waals surface area contributed by atoms with Crippen LogP contribution in [-0.2, 0) is 32.7 Å². The van der Waals surface area contributed by atoms with Gasteiger partial charge in [0.2, 0.25) is 0 Å². The van der Waals surface area contributed by atoms with E-state index in [1.807, 2.05) is 0 Å². The van der Waals surface area contributed by atoms with Crippen LogP contribution in [0.5, 0.6) is 5.75 Å². The Kier molecular flexibility index (Phi) is 7.97. The maximum absolute atomic E-state index is 14.4. The molecule has 0 saturated heterocycles. The normalized spacial score (nSPS) is 14.0. The van der Waals surface area contributed by atoms with Gasteiger partial charge in [-0.1, -0.05) is 37.4 Å². The molecule has 1 heterocycles. The number of nitrogens with zero attached hydrogens (tertiary/aromatic N) is 1. The molecule has 0 bridgehead atoms. The summed E-state index contributed by atoms with van der Waals surface area (Å²) in [5.74, 6) is -0.234. The molecular weight excluding hydrogens is 392 g/mol. The molecule has 1 aliphatic heterocycles. The van der Waals surface area contributed by atoms with E-state index in [1.165, 1.54) is 17.0 Å². The van der Waals surface area contributed by atoms with Crippen molar-refractivity contribution in [2.45, 2.75) is 13.3 Å². The van der Waals surface area contributed by atoms with Gasteiger partial charge in [-0.25, -0.2) is 13.2 Å². The summed E-state index contributed by atoms with van der Waals surface area (Å²) in [6.45, 7) is 8.74. The molecule has 6 heteroatoms. The van der Waals surface area contributed by atoms with Gasteiger partial charge in [0.05, 0.1) is 12.4 Å². The zero-order valence-electron chi connectivity index (χ0n) is 13.4. The number of ether oxygens (including phenoxy) is 1. The summed E-state index contributed by atoms with van der Waals surface area (Å²) >= 11 is 0. The van der Waals surface area contributed by atoms with Crippen LogP contribution in [0.15, 0.2) is 54.8 Å². The predicted octanol–water partition coefficient (Wildman–Crippen LogP) is 4.57. The van der Waals surface area contributed by atoms with Crippen LogP contribution in [0.2, 0.25) is 0 Å². The first-order chi connectivity index (χ1) is 10.9. The van der Waals surface area contributed by atoms with Crippen molar-refractivity contribution in [2.75, 3.05) is 13.2 Å². The molecule has 2 rings (SSSR count). The van der Waals surface area contributed by atoms with E-state index in [0.29, 0.717) is 17.0 Å². The van der Waals surface area contributed by atoms with E-state index in [4.69, 9.17) is 4.74 Å². The summed E-state index contributed by atoms with van der Waals surface area (Å²) < 4.78 is 45.3. The number of hydrogen-bond acceptors (Lipinski definition) is 2. The Morgan fingerprint density at radius 1 is 1.38 bits per heavy atom. The van der Waals surface area contributed by atoms with Crippen molar-refractivity contribution in [1.29, 1.82) is 0 Å². The van der Waals surface area contributed by atoms with E-state index < -0.39 is 18.8 Å². The number of halogens is 3. The van der Waals surface area contributed by atoms with Crippen molar-refractivity contribution in [3.8, 4) is 5.75 Å². The summed E-state index contributed by atoms with van der Waals surface area (Å²) in [6.07, 6.45) is 3.45. The topological polar surface area (TPSA) is 12.5 Å². The Hall–Kier alpha value is -1.33. The summed E-state index contributed by atoms with van der Waals surface area (Å²) in [4.78, 5) is 1.28. The third kappa shape index (κ3) is 4.84. The first-order valence-electron chi connectivity index (χ1n) is 7.03. The predicted molar refractivity (Wildman–Crippen MR) is 84.3 cm³/mol. The Morgan fingerprint density at radius 3 is 2.67 bits per heavy atom. The van der Waals surface area contributed by atoms with E-state index in [2.05, 4.69) is 19.2 Å². The van der Waals surface area contributed by atoms with Gasteiger partial charge in [-0.05, 0) is 11.8 Å². The zero-order chi connectivity index (χ0) is 17.0. The minimum atomic E-state index is -2.58. The van der Waals surface area contributed by atoms with Gasteiger partial charge in [0.1, 0.15) is 12.4 Å². The fourth-order valence-corrected chi connectivity index (χ4v) is 2.18. The van der Waals surface area contributed by atoms with Gasteiger partial charge < -0.3 is 9.64 Å². The number of hydrogen-bond donors (Lipinski definition) is 0. The number of allylic oxidation sites excluding steroid dienone is 3. The molecule has 2 nitrogen and oxygen atoms in total. The van der Waals surface area contributed by atoms with Crippen LogP contribution >= 0.6 is 0 Å². The van der Waals surface area contributed by atoms with E-state index in [1.54, 1.807) is 25.1 Å². The molecule has 1 aliphatic rings. The molecule has 1 aromatic carbocycles. The zero-order valence-corrected chi connectivity index (χ0v) is 16.2. The SMILES string of the molecule is C=CCOc1ccc(C2=[C-]C=C(C)C(=C)N2CC(F)F)c(F)c1.[Y]. The van der Waals surface area contributed by atoms with Crippen molar-refractivity contribution < 1.29 is 50.6 Å². The van der Waals surface area contributed by atoms with Crippen LogP contribution in [0.3, 0.4) is 0 Å². The monoisotopic (exact) mass is 409 g/mol. The van der Waals surface area contributed by atoms with Crippen LogP contribution in [0.25, 0.3) is 5.70 Å². The molecular formula is C18H17F3NOY-. The molecule has 1 radical (unpaired) electrons. The van der Waals surface area contributed by atoms with E-state index >= 15 is 0 Å². The molecule has 0 aromatic heterocycles. The largest absolute Gasteiger partial charge is 0.490 e. The summed E-state index contributed by atoms with van der Waals surface area (Å²) in [6, 6.07) is 4.27. The Morgan fingerprint density at radius 2 is 2.08 bits per heavy atom. The average Bonchev–Trinajstić information content (AvgIpc) is 2.50. The van der Waals surface area contributed by atoms with E-state index in [0.717, 1.165) is 0 Å². The maximum atomic E-state index is 14.4. The molecule has 0 saturated carbocycles. The molecule has 0 atom stereocenters. The fourth-order valence-electron chi connectivity index (χ4n) is 2.18. The first kappa shape index (κ1) is 20.7. The minimum Gasteiger partial charge on any atom is -0.490 e. The smallest absolute Gasteiger partial charge is 0.256 e. The molecule has 1 aromatic rings. The van der Waals surface area contributed by atoms with Gasteiger partial charge in [-0.15, -0.1) is 11.6 Å². The van der Waals surface area contributed by atoms with Gasteiger partial charge >= 0.3 is 0 Å². The standard InChI is InChI=1S/C18H17F3NO.Y/c1-4-9-23-14-6-7-15(16(19)10-14)17-8-5-12(2)13(3)22(17)11-18(20)21;/h4-7,10,18H,1,3,9,11H2,2H3;/q-1;. The number of rotatable bonds is 6. The molecule has 0 spiro atoms. The maximum Gasteiger partial charge on any atom is 0.256 e. The number of alkyl halides is 2. The quantitative estimate of drug-likeness (QED) is 0.504. The molecule has 0 fully saturated rings. The van der Waals surface area contributed by atoms with Crippen LogP contribution in [0.4, 0.5) is 13.2 Å². The second kappa shape index (κ2) is 9.23. The van der Waals surface area contributed by atoms with Crippen molar-refractivity contribution in [3.63, 3.8) is 0 Å². The molecule has 125 valence electrons. The van der Waals surface area contributed by atoms with Gasteiger partial charge in [-0.2, -0.15) is 12.2 Å². The second-order valence-corrected chi connectivity index (χ2v) is 5.01. The van der Waals surface area contributed by atoms with Gasteiger partial charge in [0, 0.05) is 38.8 Å². The van der Waals surface area contributed by atoms with Crippen LogP contribution in [0, 0.1) is 11.9 Å². The van der Waals surface area contributed by atoms with Crippen molar-refractivity contribution >= 4 is 5.70 Å². The molecule has 0 aliphatic carbocycles. The minimum absolute atomic E-state index is 0. The van der Waals surface area contributed by atoms with Gasteiger partial charge in [-0.3, -0.25) is 0 Å². The molecule has 0 amide bonds. The first-order valence-corrected chi connectivity index (χ1v) is 7.03. The summed E-state index contributed by atoms with van der Waals surface area (Å²) in [5, 5.41) is 0. The van der Waals surface area contributed by atoms with Gasteiger partial charge in [0.15, 0.2) is 0 Å². The van der Waals surface area contributed by atoms with Crippen LogP contribution in [-0.4, -0.2) is 24.5 Å². The second-order valence-electron chi connectivity index (χ2n) is 5.01. The van der Waals surface area contributed by atoms with E-state index in [-0.39, 0.29) is 50.6 Å². The Balaban J connectivity index is 0.00000288. The fraction of sp³-hybridized carbons (Fsp3) is 0.222. The van der Waals surface area contributed by atoms with Crippen molar-refractivity contribution in [2.24, 2.45) is 0 Å². The molecule has 0 N–H and O–H groups in total. The van der Waals surface area contributed by atoms with Crippen molar-refractivity contribution in [1.82, 2.24) is 4.90 Å². The summed E-state index contributed by atoms with van der Waals surface area (Å²) in [7, 11) is 0. The molecule has 24 heavy (non-hydrogen) atoms. The van der Waals surface area contributed by atoms with Gasteiger partial charge in [0.25, 0.3) is 6.43 Å². The molecule has 0 unspecified atom stereocenters. The van der Waals surface area contributed by atoms with Crippen LogP contribution < -0.4 is 4.74 Å². The average molecular weight is 409 g/mol. The Bertz CT molecular complexity index is 683. The third-order valence-corrected chi connectivity index (χ3v) is 3.36. The van der Waals surface area contributed by atoms with E-state index in [9.17, 15) is 13.2 Å².